The number of ether oxygens (including phenoxy) is 1. The highest BCUT2D eigenvalue weighted by Gasteiger charge is 2.43. The first-order valence-corrected chi connectivity index (χ1v) is 11.0. The van der Waals surface area contributed by atoms with E-state index in [9.17, 15) is 9.59 Å². The predicted octanol–water partition coefficient (Wildman–Crippen LogP) is 4.81. The van der Waals surface area contributed by atoms with E-state index < -0.39 is 0 Å². The first-order chi connectivity index (χ1) is 12.6. The number of nitrogens with one attached hydrogen (secondary N) is 1. The molecule has 0 saturated heterocycles. The second kappa shape index (κ2) is 7.34. The molecule has 5 heteroatoms. The van der Waals surface area contributed by atoms with Crippen LogP contribution in [0.2, 0.25) is 0 Å². The minimum Gasteiger partial charge on any atom is -0.462 e. The van der Waals surface area contributed by atoms with Gasteiger partial charge in [-0.1, -0.05) is 19.8 Å². The fourth-order valence-corrected chi connectivity index (χ4v) is 6.63. The number of rotatable bonds is 5. The van der Waals surface area contributed by atoms with Crippen LogP contribution in [0.1, 0.15) is 73.2 Å². The van der Waals surface area contributed by atoms with E-state index >= 15 is 0 Å². The number of thiophene rings is 1. The molecule has 2 bridgehead atoms. The molecule has 4 atom stereocenters. The van der Waals surface area contributed by atoms with Crippen molar-refractivity contribution in [2.24, 2.45) is 23.7 Å². The molecule has 1 aromatic heterocycles. The lowest BCUT2D eigenvalue weighted by Gasteiger charge is -2.21. The van der Waals surface area contributed by atoms with Crippen LogP contribution in [-0.2, 0) is 22.4 Å². The number of hydrogen-bond acceptors (Lipinski definition) is 4. The third-order valence-corrected chi connectivity index (χ3v) is 7.91. The van der Waals surface area contributed by atoms with Gasteiger partial charge >= 0.3 is 5.97 Å². The summed E-state index contributed by atoms with van der Waals surface area (Å²) < 4.78 is 5.32. The maximum absolute atomic E-state index is 12.9. The highest BCUT2D eigenvalue weighted by Crippen LogP contribution is 2.49. The Morgan fingerprint density at radius 3 is 2.69 bits per heavy atom. The van der Waals surface area contributed by atoms with Crippen LogP contribution in [0.3, 0.4) is 0 Å². The van der Waals surface area contributed by atoms with Crippen molar-refractivity contribution in [2.75, 3.05) is 11.9 Å². The SMILES string of the molecule is CCOC(=O)c1c(NC(=O)C2CC3CCC2C3)sc2c1CCC(CC)C2. The molecule has 4 rings (SSSR count). The summed E-state index contributed by atoms with van der Waals surface area (Å²) in [6.45, 7) is 4.42. The van der Waals surface area contributed by atoms with E-state index in [1.54, 1.807) is 11.3 Å². The fourth-order valence-electron chi connectivity index (χ4n) is 5.28. The van der Waals surface area contributed by atoms with Gasteiger partial charge < -0.3 is 10.1 Å². The van der Waals surface area contributed by atoms with Crippen LogP contribution >= 0.6 is 11.3 Å². The van der Waals surface area contributed by atoms with Crippen LogP contribution in [0.15, 0.2) is 0 Å². The van der Waals surface area contributed by atoms with E-state index in [4.69, 9.17) is 4.74 Å². The molecule has 142 valence electrons. The number of esters is 1. The highest BCUT2D eigenvalue weighted by molar-refractivity contribution is 7.17. The highest BCUT2D eigenvalue weighted by atomic mass is 32.1. The van der Waals surface area contributed by atoms with E-state index in [2.05, 4.69) is 12.2 Å². The largest absolute Gasteiger partial charge is 0.462 e. The van der Waals surface area contributed by atoms with E-state index in [0.717, 1.165) is 42.2 Å². The van der Waals surface area contributed by atoms with Crippen molar-refractivity contribution in [3.05, 3.63) is 16.0 Å². The summed E-state index contributed by atoms with van der Waals surface area (Å²) in [4.78, 5) is 26.8. The number of anilines is 1. The van der Waals surface area contributed by atoms with Crippen LogP contribution in [0, 0.1) is 23.7 Å². The minimum atomic E-state index is -0.275. The Labute approximate surface area is 159 Å². The average molecular weight is 376 g/mol. The molecule has 4 unspecified atom stereocenters. The van der Waals surface area contributed by atoms with Gasteiger partial charge in [-0.2, -0.15) is 0 Å². The second-order valence-corrected chi connectivity index (χ2v) is 9.32. The van der Waals surface area contributed by atoms with Crippen molar-refractivity contribution in [1.82, 2.24) is 0 Å². The quantitative estimate of drug-likeness (QED) is 0.751. The predicted molar refractivity (Wildman–Crippen MR) is 104 cm³/mol. The number of amides is 1. The Bertz CT molecular complexity index is 710. The summed E-state index contributed by atoms with van der Waals surface area (Å²) in [5.41, 5.74) is 1.76. The van der Waals surface area contributed by atoms with E-state index in [0.29, 0.717) is 24.0 Å². The van der Waals surface area contributed by atoms with Crippen LogP contribution in [0.25, 0.3) is 0 Å². The first kappa shape index (κ1) is 18.0. The molecular weight excluding hydrogens is 346 g/mol. The molecule has 0 radical (unpaired) electrons. The Morgan fingerprint density at radius 2 is 2.04 bits per heavy atom. The molecule has 1 heterocycles. The monoisotopic (exact) mass is 375 g/mol. The van der Waals surface area contributed by atoms with E-state index in [-0.39, 0.29) is 17.8 Å². The summed E-state index contributed by atoms with van der Waals surface area (Å²) in [5.74, 6) is 1.94. The van der Waals surface area contributed by atoms with Gasteiger partial charge in [-0.25, -0.2) is 4.79 Å². The minimum absolute atomic E-state index is 0.119. The van der Waals surface area contributed by atoms with Crippen molar-refractivity contribution in [1.29, 1.82) is 0 Å². The Balaban J connectivity index is 1.59. The van der Waals surface area contributed by atoms with Gasteiger partial charge in [0, 0.05) is 10.8 Å². The third kappa shape index (κ3) is 3.19. The van der Waals surface area contributed by atoms with Crippen molar-refractivity contribution in [2.45, 2.75) is 65.2 Å². The zero-order chi connectivity index (χ0) is 18.3. The molecule has 2 fully saturated rings. The lowest BCUT2D eigenvalue weighted by Crippen LogP contribution is -2.27. The maximum atomic E-state index is 12.9. The van der Waals surface area contributed by atoms with Gasteiger partial charge in [-0.05, 0) is 68.8 Å². The lowest BCUT2D eigenvalue weighted by atomic mass is 9.85. The molecule has 2 saturated carbocycles. The molecule has 0 aliphatic heterocycles. The number of hydrogen-bond donors (Lipinski definition) is 1. The molecule has 3 aliphatic rings. The Hall–Kier alpha value is -1.36. The molecule has 1 N–H and O–H groups in total. The smallest absolute Gasteiger partial charge is 0.341 e. The topological polar surface area (TPSA) is 55.4 Å². The number of carbonyl (C=O) groups is 2. The zero-order valence-electron chi connectivity index (χ0n) is 15.8. The summed E-state index contributed by atoms with van der Waals surface area (Å²) in [5, 5.41) is 3.88. The molecule has 26 heavy (non-hydrogen) atoms. The molecule has 1 aromatic rings. The van der Waals surface area contributed by atoms with Crippen LogP contribution in [0.4, 0.5) is 5.00 Å². The van der Waals surface area contributed by atoms with Crippen molar-refractivity contribution in [3.63, 3.8) is 0 Å². The third-order valence-electron chi connectivity index (χ3n) is 6.74. The molecule has 0 aromatic carbocycles. The average Bonchev–Trinajstić information content (AvgIpc) is 3.34. The lowest BCUT2D eigenvalue weighted by molar-refractivity contribution is -0.121. The maximum Gasteiger partial charge on any atom is 0.341 e. The second-order valence-electron chi connectivity index (χ2n) is 8.22. The fraction of sp³-hybridized carbons (Fsp3) is 0.714. The summed E-state index contributed by atoms with van der Waals surface area (Å²) in [6.07, 6.45) is 8.93. The summed E-state index contributed by atoms with van der Waals surface area (Å²) in [6, 6.07) is 0. The van der Waals surface area contributed by atoms with Crippen LogP contribution < -0.4 is 5.32 Å². The summed E-state index contributed by atoms with van der Waals surface area (Å²) in [7, 11) is 0. The first-order valence-electron chi connectivity index (χ1n) is 10.2. The van der Waals surface area contributed by atoms with E-state index in [1.807, 2.05) is 6.92 Å². The molecule has 4 nitrogen and oxygen atoms in total. The van der Waals surface area contributed by atoms with Gasteiger partial charge in [0.25, 0.3) is 0 Å². The van der Waals surface area contributed by atoms with Gasteiger partial charge in [0.2, 0.25) is 5.91 Å². The Kier molecular flexibility index (Phi) is 5.09. The van der Waals surface area contributed by atoms with Gasteiger partial charge in [0.15, 0.2) is 0 Å². The molecule has 1 amide bonds. The summed E-state index contributed by atoms with van der Waals surface area (Å²) >= 11 is 1.61. The standard InChI is InChI=1S/C21H29NO3S/c1-3-12-6-8-15-17(11-12)26-20(18(15)21(24)25-4-2)22-19(23)16-10-13-5-7-14(16)9-13/h12-14,16H,3-11H2,1-2H3,(H,22,23). The normalized spacial score (nSPS) is 29.5. The van der Waals surface area contributed by atoms with E-state index in [1.165, 1.54) is 30.6 Å². The van der Waals surface area contributed by atoms with Gasteiger partial charge in [0.1, 0.15) is 5.00 Å². The van der Waals surface area contributed by atoms with Crippen molar-refractivity contribution >= 4 is 28.2 Å². The number of carbonyl (C=O) groups excluding carboxylic acids is 2. The van der Waals surface area contributed by atoms with Crippen LogP contribution in [-0.4, -0.2) is 18.5 Å². The van der Waals surface area contributed by atoms with Gasteiger partial charge in [-0.15, -0.1) is 11.3 Å². The Morgan fingerprint density at radius 1 is 1.19 bits per heavy atom. The molecule has 0 spiro atoms. The molecular formula is C21H29NO3S. The van der Waals surface area contributed by atoms with Gasteiger partial charge in [0.05, 0.1) is 12.2 Å². The zero-order valence-corrected chi connectivity index (χ0v) is 16.6. The molecule has 3 aliphatic carbocycles. The number of fused-ring (bicyclic) bond motifs is 3. The van der Waals surface area contributed by atoms with Crippen molar-refractivity contribution < 1.29 is 14.3 Å². The van der Waals surface area contributed by atoms with Crippen molar-refractivity contribution in [3.8, 4) is 0 Å². The van der Waals surface area contributed by atoms with Crippen LogP contribution in [0.5, 0.6) is 0 Å². The van der Waals surface area contributed by atoms with Gasteiger partial charge in [-0.3, -0.25) is 4.79 Å².